The number of piperidine rings is 1. The van der Waals surface area contributed by atoms with Gasteiger partial charge in [0.2, 0.25) is 5.60 Å². The van der Waals surface area contributed by atoms with E-state index in [1.807, 2.05) is 25.1 Å². The monoisotopic (exact) mass is 391 g/mol. The van der Waals surface area contributed by atoms with Gasteiger partial charge in [0.15, 0.2) is 5.82 Å². The summed E-state index contributed by atoms with van der Waals surface area (Å²) in [5, 5.41) is 11.5. The zero-order chi connectivity index (χ0) is 19.6. The van der Waals surface area contributed by atoms with E-state index in [0.717, 1.165) is 27.4 Å². The highest BCUT2D eigenvalue weighted by atomic mass is 32.1. The smallest absolute Gasteiger partial charge is 0.267 e. The molecule has 2 aliphatic rings. The van der Waals surface area contributed by atoms with Gasteiger partial charge in [0.1, 0.15) is 21.7 Å². The Morgan fingerprint density at radius 2 is 2.21 bits per heavy atom. The van der Waals surface area contributed by atoms with Crippen LogP contribution in [0.1, 0.15) is 17.5 Å². The first-order valence-electron chi connectivity index (χ1n) is 8.89. The first kappa shape index (κ1) is 17.1. The summed E-state index contributed by atoms with van der Waals surface area (Å²) < 4.78 is 0. The summed E-state index contributed by atoms with van der Waals surface area (Å²) in [7, 11) is 1.72. The predicted octanol–water partition coefficient (Wildman–Crippen LogP) is 1.59. The number of carbonyl (C=O) groups excluding carboxylic acids is 1. The number of hydrogen-bond donors (Lipinski definition) is 2. The second kappa shape index (κ2) is 5.74. The van der Waals surface area contributed by atoms with Gasteiger partial charge in [-0.15, -0.1) is 0 Å². The molecule has 3 atom stereocenters. The van der Waals surface area contributed by atoms with Gasteiger partial charge in [-0.05, 0) is 31.0 Å². The van der Waals surface area contributed by atoms with Crippen molar-refractivity contribution in [2.24, 2.45) is 5.92 Å². The molecule has 3 heterocycles. The van der Waals surface area contributed by atoms with E-state index < -0.39 is 5.60 Å². The van der Waals surface area contributed by atoms with Crippen molar-refractivity contribution in [3.63, 3.8) is 0 Å². The van der Waals surface area contributed by atoms with Crippen LogP contribution in [0.4, 0.5) is 5.82 Å². The van der Waals surface area contributed by atoms with Gasteiger partial charge in [-0.3, -0.25) is 4.79 Å². The zero-order valence-corrected chi connectivity index (χ0v) is 16.1. The number of carbonyl (C=O) groups is 1. The van der Waals surface area contributed by atoms with E-state index in [2.05, 4.69) is 26.8 Å². The molecule has 28 heavy (non-hydrogen) atoms. The summed E-state index contributed by atoms with van der Waals surface area (Å²) in [6.07, 6.45) is 2.23. The van der Waals surface area contributed by atoms with Crippen molar-refractivity contribution in [2.45, 2.75) is 25.0 Å². The Hall–Kier alpha value is -3.02. The number of nitrogens with two attached hydrogens (primary N) is 1. The normalized spacial score (nSPS) is 25.5. The quantitative estimate of drug-likeness (QED) is 0.611. The van der Waals surface area contributed by atoms with Crippen molar-refractivity contribution in [2.75, 3.05) is 12.8 Å². The minimum Gasteiger partial charge on any atom is -0.382 e. The summed E-state index contributed by atoms with van der Waals surface area (Å²) in [6, 6.07) is 5.87. The molecule has 140 valence electrons. The molecule has 1 aromatic carbocycles. The van der Waals surface area contributed by atoms with Gasteiger partial charge in [0.25, 0.3) is 5.91 Å². The number of aliphatic hydroxyl groups is 1. The second-order valence-corrected chi connectivity index (χ2v) is 8.28. The van der Waals surface area contributed by atoms with E-state index in [1.54, 1.807) is 11.9 Å². The van der Waals surface area contributed by atoms with E-state index in [9.17, 15) is 9.90 Å². The molecule has 0 radical (unpaired) electrons. The number of likely N-dealkylation sites (N-methyl/N-ethyl adjacent to an activating group) is 1. The minimum atomic E-state index is -1.58. The van der Waals surface area contributed by atoms with Crippen LogP contribution in [0.5, 0.6) is 0 Å². The number of anilines is 1. The Kier molecular flexibility index (Phi) is 3.50. The molecule has 1 amide bonds. The van der Waals surface area contributed by atoms with Crippen LogP contribution in [0.3, 0.4) is 0 Å². The number of amides is 1. The topological polar surface area (TPSA) is 105 Å². The molecular weight excluding hydrogens is 374 g/mol. The molecule has 1 saturated carbocycles. The highest BCUT2D eigenvalue weighted by Crippen LogP contribution is 2.50. The molecular formula is C20H17N5O2S. The number of likely N-dealkylation sites (tertiary alicyclic amines) is 1. The van der Waals surface area contributed by atoms with E-state index in [0.29, 0.717) is 16.9 Å². The molecule has 0 spiro atoms. The summed E-state index contributed by atoms with van der Waals surface area (Å²) in [6.45, 7) is 1.99. The fourth-order valence-electron chi connectivity index (χ4n) is 3.77. The van der Waals surface area contributed by atoms with Crippen molar-refractivity contribution in [1.29, 1.82) is 0 Å². The number of aromatic nitrogens is 3. The lowest BCUT2D eigenvalue weighted by atomic mass is 9.98. The molecule has 2 aromatic heterocycles. The number of hydrogen-bond acceptors (Lipinski definition) is 7. The van der Waals surface area contributed by atoms with Crippen molar-refractivity contribution in [1.82, 2.24) is 19.9 Å². The van der Waals surface area contributed by atoms with Crippen molar-refractivity contribution < 1.29 is 9.90 Å². The fraction of sp³-hybridized carbons (Fsp3) is 0.300. The Balaban J connectivity index is 1.54. The number of benzene rings is 1. The molecule has 3 aromatic rings. The Bertz CT molecular complexity index is 1210. The van der Waals surface area contributed by atoms with Gasteiger partial charge in [-0.25, -0.2) is 15.0 Å². The lowest BCUT2D eigenvalue weighted by Gasteiger charge is -2.18. The molecule has 1 saturated heterocycles. The lowest BCUT2D eigenvalue weighted by molar-refractivity contribution is -0.140. The Morgan fingerprint density at radius 1 is 1.39 bits per heavy atom. The maximum atomic E-state index is 12.3. The van der Waals surface area contributed by atoms with Gasteiger partial charge in [0, 0.05) is 30.1 Å². The number of aryl methyl sites for hydroxylation is 1. The highest BCUT2D eigenvalue weighted by Gasteiger charge is 2.66. The average Bonchev–Trinajstić information content (AvgIpc) is 3.33. The van der Waals surface area contributed by atoms with Crippen molar-refractivity contribution in [3.8, 4) is 22.4 Å². The van der Waals surface area contributed by atoms with Gasteiger partial charge in [-0.2, -0.15) is 0 Å². The molecule has 7 nitrogen and oxygen atoms in total. The SMILES string of the molecule is Cc1ccc(C#C[C@@]2(O)C(=O)N(C)[C@@H]3C[C@@H]32)cc1-c1nc2c(N)ncnc2s1. The second-order valence-electron chi connectivity index (χ2n) is 7.30. The van der Waals surface area contributed by atoms with Crippen LogP contribution in [0.15, 0.2) is 24.5 Å². The number of nitrogen functional groups attached to an aromatic ring is 1. The van der Waals surface area contributed by atoms with Crippen LogP contribution >= 0.6 is 11.3 Å². The summed E-state index contributed by atoms with van der Waals surface area (Å²) >= 11 is 1.44. The van der Waals surface area contributed by atoms with Gasteiger partial charge < -0.3 is 15.7 Å². The first-order valence-corrected chi connectivity index (χ1v) is 9.71. The van der Waals surface area contributed by atoms with E-state index >= 15 is 0 Å². The molecule has 2 fully saturated rings. The van der Waals surface area contributed by atoms with E-state index in [1.165, 1.54) is 17.7 Å². The third-order valence-corrected chi connectivity index (χ3v) is 6.52. The summed E-state index contributed by atoms with van der Waals surface area (Å²) in [4.78, 5) is 27.4. The van der Waals surface area contributed by atoms with Crippen LogP contribution in [0.2, 0.25) is 0 Å². The first-order chi connectivity index (χ1) is 13.4. The van der Waals surface area contributed by atoms with Crippen LogP contribution in [-0.2, 0) is 4.79 Å². The van der Waals surface area contributed by atoms with Crippen LogP contribution in [0, 0.1) is 24.7 Å². The van der Waals surface area contributed by atoms with E-state index in [-0.39, 0.29) is 17.9 Å². The molecule has 0 bridgehead atoms. The van der Waals surface area contributed by atoms with Gasteiger partial charge in [0.05, 0.1) is 0 Å². The molecule has 8 heteroatoms. The minimum absolute atomic E-state index is 0.0896. The Labute approximate surface area is 165 Å². The van der Waals surface area contributed by atoms with Crippen LogP contribution < -0.4 is 5.73 Å². The number of thiazole rings is 1. The lowest BCUT2D eigenvalue weighted by Crippen LogP contribution is -2.41. The highest BCUT2D eigenvalue weighted by molar-refractivity contribution is 7.21. The largest absolute Gasteiger partial charge is 0.382 e. The fourth-order valence-corrected chi connectivity index (χ4v) is 4.76. The summed E-state index contributed by atoms with van der Waals surface area (Å²) in [5.41, 5.74) is 7.57. The number of fused-ring (bicyclic) bond motifs is 2. The number of nitrogens with zero attached hydrogens (tertiary/aromatic N) is 4. The Morgan fingerprint density at radius 3 is 2.93 bits per heavy atom. The maximum Gasteiger partial charge on any atom is 0.267 e. The van der Waals surface area contributed by atoms with Crippen LogP contribution in [0.25, 0.3) is 20.9 Å². The third kappa shape index (κ3) is 2.40. The molecule has 3 N–H and O–H groups in total. The molecule has 1 aliphatic carbocycles. The standard InChI is InChI=1S/C20H17N5O2S/c1-10-3-4-11(5-6-20(27)13-8-14(13)25(2)19(20)26)7-12(10)17-24-15-16(21)22-9-23-18(15)28-17/h3-4,7,9,13-14,27H,8H2,1-2H3,(H2,21,22,23)/t13-,14+,20-/m0/s1. The van der Waals surface area contributed by atoms with Crippen molar-refractivity contribution in [3.05, 3.63) is 35.7 Å². The third-order valence-electron chi connectivity index (χ3n) is 5.53. The predicted molar refractivity (Wildman–Crippen MR) is 106 cm³/mol. The molecule has 0 unspecified atom stereocenters. The van der Waals surface area contributed by atoms with Gasteiger partial charge >= 0.3 is 0 Å². The van der Waals surface area contributed by atoms with E-state index in [4.69, 9.17) is 5.73 Å². The van der Waals surface area contributed by atoms with Gasteiger partial charge in [-0.1, -0.05) is 29.2 Å². The number of rotatable bonds is 1. The average molecular weight is 391 g/mol. The van der Waals surface area contributed by atoms with Crippen LogP contribution in [-0.4, -0.2) is 49.6 Å². The zero-order valence-electron chi connectivity index (χ0n) is 15.3. The van der Waals surface area contributed by atoms with Crippen molar-refractivity contribution >= 4 is 33.4 Å². The molecule has 1 aliphatic heterocycles. The summed E-state index contributed by atoms with van der Waals surface area (Å²) in [5.74, 6) is 5.78. The maximum absolute atomic E-state index is 12.3. The molecule has 5 rings (SSSR count).